The molecule has 1 N–H and O–H groups in total. The van der Waals surface area contributed by atoms with Crippen LogP contribution in [0.5, 0.6) is 0 Å². The summed E-state index contributed by atoms with van der Waals surface area (Å²) in [7, 11) is 0.0819. The van der Waals surface area contributed by atoms with Crippen LogP contribution >= 0.6 is 23.2 Å². The Hall–Kier alpha value is -3.88. The van der Waals surface area contributed by atoms with Gasteiger partial charge in [0.15, 0.2) is 0 Å². The fraction of sp³-hybridized carbons (Fsp3) is 0.147. The first kappa shape index (κ1) is 29.2. The predicted molar refractivity (Wildman–Crippen MR) is 175 cm³/mol. The molecule has 1 atom stereocenters. The number of aromatic amines is 1. The first-order chi connectivity index (χ1) is 20.6. The lowest BCUT2D eigenvalue weighted by Crippen LogP contribution is -2.23. The molecule has 0 radical (unpaired) electrons. The highest BCUT2D eigenvalue weighted by Gasteiger charge is 2.27. The number of halogens is 2. The second kappa shape index (κ2) is 11.7. The summed E-state index contributed by atoms with van der Waals surface area (Å²) in [4.78, 5) is 10.2. The molecule has 0 aliphatic heterocycles. The number of rotatable bonds is 8. The number of fused-ring (bicyclic) bond motifs is 1. The van der Waals surface area contributed by atoms with Crippen molar-refractivity contribution in [3.63, 3.8) is 0 Å². The van der Waals surface area contributed by atoms with Gasteiger partial charge in [0.1, 0.15) is 5.82 Å². The zero-order valence-corrected chi connectivity index (χ0v) is 26.3. The Kier molecular flexibility index (Phi) is 7.92. The third-order valence-corrected chi connectivity index (χ3v) is 9.81. The molecule has 43 heavy (non-hydrogen) atoms. The number of H-pyrrole nitrogens is 1. The second-order valence-corrected chi connectivity index (χ2v) is 13.6. The molecule has 0 saturated carbocycles. The summed E-state index contributed by atoms with van der Waals surface area (Å²) in [6, 6.07) is 26.2. The Morgan fingerprint density at radius 3 is 2.23 bits per heavy atom. The summed E-state index contributed by atoms with van der Waals surface area (Å²) in [5.41, 5.74) is 6.37. The molecular formula is C34H30Cl2N4O2S. The Balaban J connectivity index is 1.60. The smallest absolute Gasteiger partial charge is 0.268 e. The summed E-state index contributed by atoms with van der Waals surface area (Å²) >= 11 is 12.6. The van der Waals surface area contributed by atoms with Crippen LogP contribution in [0.25, 0.3) is 22.0 Å². The van der Waals surface area contributed by atoms with E-state index in [0.29, 0.717) is 22.0 Å². The van der Waals surface area contributed by atoms with Crippen molar-refractivity contribution in [2.75, 3.05) is 14.1 Å². The molecule has 0 aliphatic rings. The van der Waals surface area contributed by atoms with Crippen LogP contribution in [0, 0.1) is 6.92 Å². The molecule has 0 spiro atoms. The molecule has 0 fully saturated rings. The van der Waals surface area contributed by atoms with Crippen LogP contribution in [0.3, 0.4) is 0 Å². The number of nitrogens with one attached hydrogen (secondary N) is 1. The van der Waals surface area contributed by atoms with Crippen molar-refractivity contribution in [3.8, 4) is 11.1 Å². The average Bonchev–Trinajstić information content (AvgIpc) is 3.64. The molecule has 9 heteroatoms. The topological polar surface area (TPSA) is 71.0 Å². The van der Waals surface area contributed by atoms with E-state index in [9.17, 15) is 8.42 Å². The van der Waals surface area contributed by atoms with Crippen LogP contribution in [0.4, 0.5) is 0 Å². The van der Waals surface area contributed by atoms with Crippen LogP contribution in [-0.2, 0) is 16.4 Å². The van der Waals surface area contributed by atoms with E-state index < -0.39 is 10.0 Å². The minimum absolute atomic E-state index is 0.208. The molecule has 2 aromatic heterocycles. The third kappa shape index (κ3) is 5.74. The van der Waals surface area contributed by atoms with E-state index >= 15 is 0 Å². The van der Waals surface area contributed by atoms with E-state index in [1.54, 1.807) is 48.8 Å². The summed E-state index contributed by atoms with van der Waals surface area (Å²) in [5, 5.41) is 1.92. The number of aryl methyl sites for hydroxylation is 1. The zero-order valence-electron chi connectivity index (χ0n) is 23.9. The van der Waals surface area contributed by atoms with Gasteiger partial charge >= 0.3 is 0 Å². The van der Waals surface area contributed by atoms with Crippen molar-refractivity contribution < 1.29 is 8.42 Å². The van der Waals surface area contributed by atoms with Gasteiger partial charge in [0.2, 0.25) is 0 Å². The van der Waals surface area contributed by atoms with Gasteiger partial charge in [-0.3, -0.25) is 4.90 Å². The molecule has 218 valence electrons. The van der Waals surface area contributed by atoms with Crippen LogP contribution in [0.2, 0.25) is 10.0 Å². The summed E-state index contributed by atoms with van der Waals surface area (Å²) in [6.45, 7) is 1.93. The van der Waals surface area contributed by atoms with Crippen molar-refractivity contribution in [2.24, 2.45) is 0 Å². The number of benzene rings is 4. The highest BCUT2D eigenvalue weighted by molar-refractivity contribution is 7.90. The summed E-state index contributed by atoms with van der Waals surface area (Å²) in [5.74, 6) is 0.788. The van der Waals surface area contributed by atoms with Gasteiger partial charge in [-0.2, -0.15) is 0 Å². The molecule has 0 amide bonds. The van der Waals surface area contributed by atoms with E-state index in [0.717, 1.165) is 44.6 Å². The monoisotopic (exact) mass is 628 g/mol. The Morgan fingerprint density at radius 2 is 1.56 bits per heavy atom. The third-order valence-electron chi connectivity index (χ3n) is 7.63. The van der Waals surface area contributed by atoms with Gasteiger partial charge in [0, 0.05) is 39.6 Å². The van der Waals surface area contributed by atoms with Gasteiger partial charge < -0.3 is 4.98 Å². The highest BCUT2D eigenvalue weighted by atomic mass is 35.5. The van der Waals surface area contributed by atoms with E-state index in [2.05, 4.69) is 33.1 Å². The van der Waals surface area contributed by atoms with E-state index in [1.807, 2.05) is 57.5 Å². The molecule has 4 aromatic carbocycles. The lowest BCUT2D eigenvalue weighted by molar-refractivity contribution is 0.332. The maximum absolute atomic E-state index is 14.1. The maximum atomic E-state index is 14.1. The van der Waals surface area contributed by atoms with Gasteiger partial charge in [-0.05, 0) is 86.1 Å². The second-order valence-electron chi connectivity index (χ2n) is 10.9. The molecule has 6 aromatic rings. The first-order valence-electron chi connectivity index (χ1n) is 13.8. The van der Waals surface area contributed by atoms with Crippen molar-refractivity contribution >= 4 is 44.1 Å². The lowest BCUT2D eigenvalue weighted by Gasteiger charge is -2.26. The molecule has 6 nitrogen and oxygen atoms in total. The van der Waals surface area contributed by atoms with Gasteiger partial charge in [-0.1, -0.05) is 77.3 Å². The van der Waals surface area contributed by atoms with Crippen LogP contribution < -0.4 is 0 Å². The molecule has 0 saturated heterocycles. The quantitative estimate of drug-likeness (QED) is 0.185. The highest BCUT2D eigenvalue weighted by Crippen LogP contribution is 2.40. The fourth-order valence-corrected chi connectivity index (χ4v) is 7.18. The maximum Gasteiger partial charge on any atom is 0.268 e. The molecule has 2 heterocycles. The van der Waals surface area contributed by atoms with E-state index in [1.165, 1.54) is 3.97 Å². The van der Waals surface area contributed by atoms with Crippen LogP contribution in [0.1, 0.15) is 34.1 Å². The molecular weight excluding hydrogens is 599 g/mol. The number of aromatic nitrogens is 3. The van der Waals surface area contributed by atoms with Crippen LogP contribution in [-0.4, -0.2) is 41.4 Å². The normalized spacial score (nSPS) is 12.7. The average molecular weight is 630 g/mol. The van der Waals surface area contributed by atoms with Crippen molar-refractivity contribution in [1.29, 1.82) is 0 Å². The number of hydrogen-bond donors (Lipinski definition) is 1. The molecule has 0 bridgehead atoms. The van der Waals surface area contributed by atoms with E-state index in [-0.39, 0.29) is 10.9 Å². The van der Waals surface area contributed by atoms with Gasteiger partial charge in [0.05, 0.1) is 16.5 Å². The molecule has 1 unspecified atom stereocenters. The number of imidazole rings is 1. The van der Waals surface area contributed by atoms with Gasteiger partial charge in [-0.25, -0.2) is 17.4 Å². The van der Waals surface area contributed by atoms with E-state index in [4.69, 9.17) is 23.2 Å². The minimum atomic E-state index is -3.93. The Labute approximate surface area is 261 Å². The standard InChI is InChI=1S/C34H30Cl2N4O2S/c1-22-4-12-27(13-5-22)43(41,42)40-21-31(28-15-11-26(36)20-32(28)40)30-19-24(18-23-6-9-25(35)10-7-23)8-14-29(30)33(39(2)3)34-37-16-17-38-34/h4-17,19-21,33H,18H2,1-3H3,(H,37,38). The van der Waals surface area contributed by atoms with Crippen molar-refractivity contribution in [3.05, 3.63) is 142 Å². The first-order valence-corrected chi connectivity index (χ1v) is 16.0. The number of nitrogens with zero attached hydrogens (tertiary/aromatic N) is 3. The molecule has 6 rings (SSSR count). The van der Waals surface area contributed by atoms with Crippen molar-refractivity contribution in [2.45, 2.75) is 24.3 Å². The molecule has 0 aliphatic carbocycles. The van der Waals surface area contributed by atoms with Gasteiger partial charge in [-0.15, -0.1) is 0 Å². The minimum Gasteiger partial charge on any atom is -0.347 e. The Morgan fingerprint density at radius 1 is 0.860 bits per heavy atom. The SMILES string of the molecule is Cc1ccc(S(=O)(=O)n2cc(-c3cc(Cc4ccc(Cl)cc4)ccc3C(c3ncc[nH]3)N(C)C)c3ccc(Cl)cc32)cc1. The van der Waals surface area contributed by atoms with Crippen molar-refractivity contribution in [1.82, 2.24) is 18.8 Å². The zero-order chi connectivity index (χ0) is 30.3. The number of hydrogen-bond acceptors (Lipinski definition) is 4. The fourth-order valence-electron chi connectivity index (χ4n) is 5.53. The predicted octanol–water partition coefficient (Wildman–Crippen LogP) is 8.13. The van der Waals surface area contributed by atoms with Gasteiger partial charge in [0.25, 0.3) is 10.0 Å². The lowest BCUT2D eigenvalue weighted by atomic mass is 9.90. The Bertz CT molecular complexity index is 2020. The largest absolute Gasteiger partial charge is 0.347 e. The summed E-state index contributed by atoms with van der Waals surface area (Å²) in [6.07, 6.45) is 5.95. The van der Waals surface area contributed by atoms with Crippen LogP contribution in [0.15, 0.2) is 108 Å². The summed E-state index contributed by atoms with van der Waals surface area (Å²) < 4.78 is 29.4.